The van der Waals surface area contributed by atoms with Crippen molar-refractivity contribution in [3.8, 4) is 0 Å². The lowest BCUT2D eigenvalue weighted by atomic mass is 9.94. The van der Waals surface area contributed by atoms with E-state index in [9.17, 15) is 4.79 Å². The lowest BCUT2D eigenvalue weighted by molar-refractivity contribution is -0.151. The molecule has 2 aromatic rings. The zero-order chi connectivity index (χ0) is 14.7. The van der Waals surface area contributed by atoms with Gasteiger partial charge in [0, 0.05) is 6.54 Å². The fourth-order valence-corrected chi connectivity index (χ4v) is 2.75. The average Bonchev–Trinajstić information content (AvgIpc) is 2.55. The van der Waals surface area contributed by atoms with Crippen molar-refractivity contribution >= 4 is 5.97 Å². The number of hydrogen-bond donors (Lipinski definition) is 1. The van der Waals surface area contributed by atoms with Crippen LogP contribution in [0.1, 0.15) is 35.8 Å². The van der Waals surface area contributed by atoms with Gasteiger partial charge in [-0.3, -0.25) is 0 Å². The number of benzene rings is 2. The predicted octanol–water partition coefficient (Wildman–Crippen LogP) is 3.18. The van der Waals surface area contributed by atoms with Gasteiger partial charge in [-0.25, -0.2) is 4.79 Å². The lowest BCUT2D eigenvalue weighted by Gasteiger charge is -2.26. The molecule has 0 aromatic heterocycles. The first-order valence-corrected chi connectivity index (χ1v) is 7.32. The monoisotopic (exact) mass is 281 g/mol. The van der Waals surface area contributed by atoms with E-state index in [1.165, 1.54) is 5.56 Å². The van der Waals surface area contributed by atoms with Gasteiger partial charge in [0.1, 0.15) is 12.1 Å². The van der Waals surface area contributed by atoms with E-state index in [-0.39, 0.29) is 18.1 Å². The molecular formula is C18H19NO2. The van der Waals surface area contributed by atoms with Crippen LogP contribution in [0.2, 0.25) is 0 Å². The van der Waals surface area contributed by atoms with Crippen LogP contribution in [0.3, 0.4) is 0 Å². The molecule has 0 spiro atoms. The largest absolute Gasteiger partial charge is 0.456 e. The minimum Gasteiger partial charge on any atom is -0.456 e. The van der Waals surface area contributed by atoms with Crippen LogP contribution in [-0.4, -0.2) is 12.5 Å². The van der Waals surface area contributed by atoms with Crippen molar-refractivity contribution in [1.29, 1.82) is 0 Å². The van der Waals surface area contributed by atoms with Crippen molar-refractivity contribution in [3.05, 3.63) is 71.3 Å². The van der Waals surface area contributed by atoms with E-state index in [1.807, 2.05) is 55.5 Å². The Morgan fingerprint density at radius 2 is 1.86 bits per heavy atom. The normalized spacial score (nSPS) is 18.6. The molecule has 108 valence electrons. The standard InChI is InChI=1S/C18H19NO2/c1-13(14-7-3-2-4-8-14)21-18(20)17-16-10-6-5-9-15(16)11-12-19-17/h2-10,13,17,19H,11-12H2,1H3. The molecule has 0 saturated heterocycles. The Hall–Kier alpha value is -2.13. The second-order valence-electron chi connectivity index (χ2n) is 5.33. The molecule has 0 aliphatic carbocycles. The van der Waals surface area contributed by atoms with Gasteiger partial charge in [0.25, 0.3) is 0 Å². The van der Waals surface area contributed by atoms with Gasteiger partial charge in [-0.2, -0.15) is 0 Å². The highest BCUT2D eigenvalue weighted by molar-refractivity contribution is 5.78. The molecule has 1 aliphatic rings. The predicted molar refractivity (Wildman–Crippen MR) is 81.8 cm³/mol. The smallest absolute Gasteiger partial charge is 0.328 e. The summed E-state index contributed by atoms with van der Waals surface area (Å²) >= 11 is 0. The molecule has 2 aromatic carbocycles. The zero-order valence-corrected chi connectivity index (χ0v) is 12.1. The summed E-state index contributed by atoms with van der Waals surface area (Å²) in [4.78, 5) is 12.5. The lowest BCUT2D eigenvalue weighted by Crippen LogP contribution is -2.36. The molecule has 0 radical (unpaired) electrons. The van der Waals surface area contributed by atoms with Crippen LogP contribution in [0.4, 0.5) is 0 Å². The van der Waals surface area contributed by atoms with Crippen LogP contribution < -0.4 is 5.32 Å². The maximum atomic E-state index is 12.5. The number of carbonyl (C=O) groups excluding carboxylic acids is 1. The van der Waals surface area contributed by atoms with Crippen LogP contribution in [0.25, 0.3) is 0 Å². The number of hydrogen-bond acceptors (Lipinski definition) is 3. The molecule has 1 heterocycles. The Labute approximate surface area is 124 Å². The summed E-state index contributed by atoms with van der Waals surface area (Å²) in [6.07, 6.45) is 0.711. The molecule has 0 bridgehead atoms. The average molecular weight is 281 g/mol. The first-order valence-electron chi connectivity index (χ1n) is 7.32. The van der Waals surface area contributed by atoms with E-state index >= 15 is 0 Å². The third kappa shape index (κ3) is 2.98. The highest BCUT2D eigenvalue weighted by Crippen LogP contribution is 2.26. The van der Waals surface area contributed by atoms with Gasteiger partial charge < -0.3 is 10.1 Å². The second kappa shape index (κ2) is 6.10. The summed E-state index contributed by atoms with van der Waals surface area (Å²) in [5, 5.41) is 3.26. The molecule has 0 saturated carbocycles. The van der Waals surface area contributed by atoms with Gasteiger partial charge in [0.05, 0.1) is 0 Å². The van der Waals surface area contributed by atoms with Crippen molar-refractivity contribution in [2.75, 3.05) is 6.54 Å². The molecule has 3 heteroatoms. The molecule has 1 N–H and O–H groups in total. The maximum absolute atomic E-state index is 12.5. The van der Waals surface area contributed by atoms with Crippen molar-refractivity contribution < 1.29 is 9.53 Å². The van der Waals surface area contributed by atoms with Crippen LogP contribution in [0.15, 0.2) is 54.6 Å². The minimum atomic E-state index is -0.360. The topological polar surface area (TPSA) is 38.3 Å². The van der Waals surface area contributed by atoms with Gasteiger partial charge in [-0.1, -0.05) is 54.6 Å². The Kier molecular flexibility index (Phi) is 4.02. The fraction of sp³-hybridized carbons (Fsp3) is 0.278. The minimum absolute atomic E-state index is 0.210. The van der Waals surface area contributed by atoms with Gasteiger partial charge in [-0.15, -0.1) is 0 Å². The van der Waals surface area contributed by atoms with Gasteiger partial charge in [0.15, 0.2) is 0 Å². The van der Waals surface area contributed by atoms with Crippen LogP contribution in [0, 0.1) is 0 Å². The van der Waals surface area contributed by atoms with Crippen molar-refractivity contribution in [1.82, 2.24) is 5.32 Å². The molecule has 2 atom stereocenters. The fourth-order valence-electron chi connectivity index (χ4n) is 2.75. The zero-order valence-electron chi connectivity index (χ0n) is 12.1. The molecule has 2 unspecified atom stereocenters. The maximum Gasteiger partial charge on any atom is 0.328 e. The number of ether oxygens (including phenoxy) is 1. The number of carbonyl (C=O) groups is 1. The summed E-state index contributed by atoms with van der Waals surface area (Å²) in [5.41, 5.74) is 3.27. The van der Waals surface area contributed by atoms with Crippen molar-refractivity contribution in [2.24, 2.45) is 0 Å². The Morgan fingerprint density at radius 1 is 1.14 bits per heavy atom. The van der Waals surface area contributed by atoms with E-state index in [2.05, 4.69) is 11.4 Å². The number of fused-ring (bicyclic) bond motifs is 1. The molecular weight excluding hydrogens is 262 g/mol. The van der Waals surface area contributed by atoms with E-state index in [0.717, 1.165) is 24.1 Å². The van der Waals surface area contributed by atoms with Gasteiger partial charge in [-0.05, 0) is 30.0 Å². The summed E-state index contributed by atoms with van der Waals surface area (Å²) in [6, 6.07) is 17.5. The van der Waals surface area contributed by atoms with Crippen molar-refractivity contribution in [2.45, 2.75) is 25.5 Å². The SMILES string of the molecule is CC(OC(=O)C1NCCc2ccccc21)c1ccccc1. The molecule has 3 rings (SSSR count). The summed E-state index contributed by atoms with van der Waals surface area (Å²) < 4.78 is 5.63. The first kappa shape index (κ1) is 13.8. The molecule has 3 nitrogen and oxygen atoms in total. The van der Waals surface area contributed by atoms with E-state index in [1.54, 1.807) is 0 Å². The van der Waals surface area contributed by atoms with E-state index in [0.29, 0.717) is 0 Å². The Balaban J connectivity index is 1.75. The Bertz CT molecular complexity index is 624. The molecule has 0 fully saturated rings. The van der Waals surface area contributed by atoms with Crippen LogP contribution >= 0.6 is 0 Å². The number of nitrogens with one attached hydrogen (secondary N) is 1. The summed E-state index contributed by atoms with van der Waals surface area (Å²) in [7, 11) is 0. The van der Waals surface area contributed by atoms with Gasteiger partial charge in [0.2, 0.25) is 0 Å². The van der Waals surface area contributed by atoms with E-state index in [4.69, 9.17) is 4.74 Å². The molecule has 0 amide bonds. The quantitative estimate of drug-likeness (QED) is 0.878. The van der Waals surface area contributed by atoms with Crippen molar-refractivity contribution in [3.63, 3.8) is 0 Å². The summed E-state index contributed by atoms with van der Waals surface area (Å²) in [5.74, 6) is -0.210. The summed E-state index contributed by atoms with van der Waals surface area (Å²) in [6.45, 7) is 2.71. The first-order chi connectivity index (χ1) is 10.3. The van der Waals surface area contributed by atoms with Gasteiger partial charge >= 0.3 is 5.97 Å². The molecule has 1 aliphatic heterocycles. The highest BCUT2D eigenvalue weighted by Gasteiger charge is 2.28. The van der Waals surface area contributed by atoms with Crippen LogP contribution in [0.5, 0.6) is 0 Å². The third-order valence-corrected chi connectivity index (χ3v) is 3.91. The number of esters is 1. The third-order valence-electron chi connectivity index (χ3n) is 3.91. The second-order valence-corrected chi connectivity index (χ2v) is 5.33. The Morgan fingerprint density at radius 3 is 2.67 bits per heavy atom. The van der Waals surface area contributed by atoms with Crippen LogP contribution in [-0.2, 0) is 16.0 Å². The highest BCUT2D eigenvalue weighted by atomic mass is 16.5. The number of rotatable bonds is 3. The van der Waals surface area contributed by atoms with E-state index < -0.39 is 0 Å². The molecule has 21 heavy (non-hydrogen) atoms.